The fourth-order valence-corrected chi connectivity index (χ4v) is 2.05. The van der Waals surface area contributed by atoms with Crippen molar-refractivity contribution in [1.82, 2.24) is 6.15 Å². The Morgan fingerprint density at radius 1 is 1.38 bits per heavy atom. The van der Waals surface area contributed by atoms with Crippen molar-refractivity contribution in [3.63, 3.8) is 0 Å². The quantitative estimate of drug-likeness (QED) is 0.481. The van der Waals surface area contributed by atoms with Gasteiger partial charge in [-0.05, 0) is 5.56 Å². The van der Waals surface area contributed by atoms with Crippen LogP contribution in [0.4, 0.5) is 0 Å². The standard InChI is InChI=1S/C9H10O4S2.H3N/c1-2-9(14-13-15(10,11)12)8-6-4-3-5-7-8;/h2-7,9H,1H2,(H,10,11,12);1H3. The number of hydrogen-bond acceptors (Lipinski definition) is 5. The Morgan fingerprint density at radius 2 is 1.94 bits per heavy atom. The molecule has 0 bridgehead atoms. The van der Waals surface area contributed by atoms with Crippen LogP contribution in [-0.2, 0) is 14.0 Å². The third kappa shape index (κ3) is 5.29. The van der Waals surface area contributed by atoms with Crippen LogP contribution in [0.15, 0.2) is 43.0 Å². The summed E-state index contributed by atoms with van der Waals surface area (Å²) in [5.74, 6) is 0. The molecule has 0 aliphatic carbocycles. The van der Waals surface area contributed by atoms with Crippen molar-refractivity contribution in [2.45, 2.75) is 5.25 Å². The molecule has 0 aromatic heterocycles. The molecule has 16 heavy (non-hydrogen) atoms. The van der Waals surface area contributed by atoms with Crippen LogP contribution in [0, 0.1) is 0 Å². The van der Waals surface area contributed by atoms with Gasteiger partial charge in [-0.3, -0.25) is 4.55 Å². The van der Waals surface area contributed by atoms with Crippen LogP contribution < -0.4 is 6.15 Å². The molecule has 1 aromatic rings. The zero-order valence-corrected chi connectivity index (χ0v) is 10.1. The Bertz CT molecular complexity index is 418. The van der Waals surface area contributed by atoms with Gasteiger partial charge in [0.1, 0.15) is 0 Å². The summed E-state index contributed by atoms with van der Waals surface area (Å²) in [5.41, 5.74) is 0.848. The lowest BCUT2D eigenvalue weighted by molar-refractivity contribution is 0.407. The van der Waals surface area contributed by atoms with Gasteiger partial charge in [-0.1, -0.05) is 36.4 Å². The Morgan fingerprint density at radius 3 is 2.38 bits per heavy atom. The summed E-state index contributed by atoms with van der Waals surface area (Å²) in [5, 5.41) is -0.340. The Kier molecular flexibility index (Phi) is 6.31. The Balaban J connectivity index is 0.00000225. The summed E-state index contributed by atoms with van der Waals surface area (Å²) in [4.78, 5) is 0. The molecule has 0 spiro atoms. The average molecular weight is 263 g/mol. The van der Waals surface area contributed by atoms with Gasteiger partial charge in [-0.15, -0.1) is 6.58 Å². The minimum absolute atomic E-state index is 0. The molecular formula is C9H13NO4S2. The van der Waals surface area contributed by atoms with Crippen LogP contribution >= 0.6 is 12.0 Å². The van der Waals surface area contributed by atoms with E-state index in [4.69, 9.17) is 4.55 Å². The van der Waals surface area contributed by atoms with E-state index in [1.54, 1.807) is 0 Å². The van der Waals surface area contributed by atoms with E-state index in [9.17, 15) is 8.42 Å². The normalized spacial score (nSPS) is 12.6. The van der Waals surface area contributed by atoms with E-state index in [-0.39, 0.29) is 11.4 Å². The first-order valence-electron chi connectivity index (χ1n) is 4.03. The summed E-state index contributed by atoms with van der Waals surface area (Å²) in [6.07, 6.45) is 1.53. The fraction of sp³-hybridized carbons (Fsp3) is 0.111. The maximum atomic E-state index is 10.4. The summed E-state index contributed by atoms with van der Waals surface area (Å²) in [7, 11) is -4.42. The van der Waals surface area contributed by atoms with Crippen LogP contribution in [0.2, 0.25) is 0 Å². The summed E-state index contributed by atoms with van der Waals surface area (Å²) in [6.45, 7) is 3.56. The predicted octanol–water partition coefficient (Wildman–Crippen LogP) is 2.54. The molecule has 0 radical (unpaired) electrons. The molecule has 0 aliphatic heterocycles. The van der Waals surface area contributed by atoms with Crippen molar-refractivity contribution in [1.29, 1.82) is 0 Å². The van der Waals surface area contributed by atoms with E-state index in [0.717, 1.165) is 5.56 Å². The van der Waals surface area contributed by atoms with Gasteiger partial charge in [0.25, 0.3) is 0 Å². The van der Waals surface area contributed by atoms with Crippen molar-refractivity contribution in [3.8, 4) is 0 Å². The van der Waals surface area contributed by atoms with Gasteiger partial charge in [-0.25, -0.2) is 0 Å². The third-order valence-corrected chi connectivity index (χ3v) is 3.25. The second-order valence-electron chi connectivity index (χ2n) is 2.66. The van der Waals surface area contributed by atoms with Crippen LogP contribution in [0.25, 0.3) is 0 Å². The average Bonchev–Trinajstić information content (AvgIpc) is 2.19. The van der Waals surface area contributed by atoms with Gasteiger partial charge in [-0.2, -0.15) is 12.0 Å². The Hall–Kier alpha value is -0.860. The first-order chi connectivity index (χ1) is 7.03. The second kappa shape index (κ2) is 6.66. The molecule has 0 amide bonds. The Labute approximate surface area is 99.3 Å². The zero-order valence-electron chi connectivity index (χ0n) is 8.44. The van der Waals surface area contributed by atoms with Crippen molar-refractivity contribution < 1.29 is 16.6 Å². The number of hydrogen-bond donors (Lipinski definition) is 2. The number of rotatable bonds is 5. The lowest BCUT2D eigenvalue weighted by Crippen LogP contribution is -1.99. The minimum atomic E-state index is -4.42. The molecule has 7 heteroatoms. The topological polar surface area (TPSA) is 98.6 Å². The van der Waals surface area contributed by atoms with Crippen LogP contribution in [0.3, 0.4) is 0 Å². The molecule has 1 rings (SSSR count). The van der Waals surface area contributed by atoms with Gasteiger partial charge in [0.2, 0.25) is 0 Å². The van der Waals surface area contributed by atoms with E-state index >= 15 is 0 Å². The van der Waals surface area contributed by atoms with Crippen molar-refractivity contribution >= 4 is 22.4 Å². The molecule has 1 aromatic carbocycles. The molecule has 0 saturated carbocycles. The molecule has 0 heterocycles. The van der Waals surface area contributed by atoms with E-state index in [2.05, 4.69) is 10.2 Å². The molecule has 4 N–H and O–H groups in total. The van der Waals surface area contributed by atoms with Gasteiger partial charge in [0, 0.05) is 12.0 Å². The van der Waals surface area contributed by atoms with E-state index < -0.39 is 10.4 Å². The van der Waals surface area contributed by atoms with E-state index in [0.29, 0.717) is 12.0 Å². The van der Waals surface area contributed by atoms with Gasteiger partial charge in [0.15, 0.2) is 0 Å². The lowest BCUT2D eigenvalue weighted by Gasteiger charge is -2.09. The summed E-state index contributed by atoms with van der Waals surface area (Å²) in [6, 6.07) is 9.11. The smallest absolute Gasteiger partial charge is 0.344 e. The zero-order chi connectivity index (χ0) is 11.3. The highest BCUT2D eigenvalue weighted by molar-refractivity contribution is 8.03. The van der Waals surface area contributed by atoms with Crippen LogP contribution in [0.5, 0.6) is 0 Å². The maximum Gasteiger partial charge on any atom is 0.408 e. The highest BCUT2D eigenvalue weighted by atomic mass is 32.3. The highest BCUT2D eigenvalue weighted by Gasteiger charge is 2.13. The van der Waals surface area contributed by atoms with Gasteiger partial charge < -0.3 is 6.15 Å². The summed E-state index contributed by atoms with van der Waals surface area (Å²) >= 11 is 0.626. The first-order valence-corrected chi connectivity index (χ1v) is 6.20. The maximum absolute atomic E-state index is 10.4. The van der Waals surface area contributed by atoms with Crippen LogP contribution in [0.1, 0.15) is 10.8 Å². The molecule has 0 fully saturated rings. The highest BCUT2D eigenvalue weighted by Crippen LogP contribution is 2.31. The molecule has 1 unspecified atom stereocenters. The molecule has 90 valence electrons. The monoisotopic (exact) mass is 263 g/mol. The van der Waals surface area contributed by atoms with Gasteiger partial charge in [0.05, 0.1) is 5.25 Å². The summed E-state index contributed by atoms with van der Waals surface area (Å²) < 4.78 is 33.3. The SMILES string of the molecule is C=CC(SOS(=O)(=O)O)c1ccccc1.N. The molecular weight excluding hydrogens is 250 g/mol. The van der Waals surface area contributed by atoms with E-state index in [1.807, 2.05) is 30.3 Å². The largest absolute Gasteiger partial charge is 0.408 e. The molecule has 0 saturated heterocycles. The molecule has 5 nitrogen and oxygen atoms in total. The number of benzene rings is 1. The fourth-order valence-electron chi connectivity index (χ4n) is 0.966. The van der Waals surface area contributed by atoms with Crippen molar-refractivity contribution in [3.05, 3.63) is 48.6 Å². The van der Waals surface area contributed by atoms with Crippen molar-refractivity contribution in [2.75, 3.05) is 0 Å². The second-order valence-corrected chi connectivity index (χ2v) is 4.76. The lowest BCUT2D eigenvalue weighted by atomic mass is 10.1. The first kappa shape index (κ1) is 15.1. The third-order valence-electron chi connectivity index (χ3n) is 1.57. The predicted molar refractivity (Wildman–Crippen MR) is 64.6 cm³/mol. The minimum Gasteiger partial charge on any atom is -0.344 e. The van der Waals surface area contributed by atoms with E-state index in [1.165, 1.54) is 6.08 Å². The van der Waals surface area contributed by atoms with Crippen molar-refractivity contribution in [2.24, 2.45) is 0 Å². The van der Waals surface area contributed by atoms with Crippen LogP contribution in [-0.4, -0.2) is 13.0 Å². The van der Waals surface area contributed by atoms with Gasteiger partial charge >= 0.3 is 10.4 Å². The molecule has 0 aliphatic rings. The molecule has 1 atom stereocenters.